The largest absolute Gasteiger partial charge is 0.381 e. The van der Waals surface area contributed by atoms with Gasteiger partial charge in [-0.05, 0) is 38.3 Å². The molecule has 2 heterocycles. The summed E-state index contributed by atoms with van der Waals surface area (Å²) in [4.78, 5) is 4.36. The van der Waals surface area contributed by atoms with Crippen LogP contribution in [-0.4, -0.2) is 24.2 Å². The maximum Gasteiger partial charge on any atom is 0.0570 e. The smallest absolute Gasteiger partial charge is 0.0570 e. The van der Waals surface area contributed by atoms with Crippen LogP contribution in [0.4, 0.5) is 0 Å². The molecule has 1 aromatic heterocycles. The molecule has 2 rings (SSSR count). The Labute approximate surface area is 97.2 Å². The summed E-state index contributed by atoms with van der Waals surface area (Å²) in [5, 5.41) is 3.60. The predicted octanol–water partition coefficient (Wildman–Crippen LogP) is 2.16. The van der Waals surface area contributed by atoms with Crippen molar-refractivity contribution in [3.63, 3.8) is 0 Å². The molecule has 3 nitrogen and oxygen atoms in total. The van der Waals surface area contributed by atoms with Gasteiger partial charge in [-0.3, -0.25) is 4.98 Å². The Hall–Kier alpha value is -0.930. The first-order valence-corrected chi connectivity index (χ1v) is 6.02. The Morgan fingerprint density at radius 3 is 2.94 bits per heavy atom. The van der Waals surface area contributed by atoms with Gasteiger partial charge in [0, 0.05) is 24.9 Å². The summed E-state index contributed by atoms with van der Waals surface area (Å²) >= 11 is 0. The van der Waals surface area contributed by atoms with Crippen molar-refractivity contribution in [3.8, 4) is 0 Å². The molecule has 3 atom stereocenters. The number of ether oxygens (including phenoxy) is 1. The Balaban J connectivity index is 1.89. The summed E-state index contributed by atoms with van der Waals surface area (Å²) in [6, 6.07) is 6.83. The molecule has 1 fully saturated rings. The SMILES string of the molecule is CC(N[C@@H](C)c1ccccn1)C1CCOC1. The molecule has 0 spiro atoms. The number of hydrogen-bond donors (Lipinski definition) is 1. The van der Waals surface area contributed by atoms with Crippen molar-refractivity contribution in [1.82, 2.24) is 10.3 Å². The number of rotatable bonds is 4. The van der Waals surface area contributed by atoms with Crippen LogP contribution < -0.4 is 5.32 Å². The van der Waals surface area contributed by atoms with Crippen molar-refractivity contribution in [3.05, 3.63) is 30.1 Å². The van der Waals surface area contributed by atoms with Crippen molar-refractivity contribution in [2.45, 2.75) is 32.4 Å². The Kier molecular flexibility index (Phi) is 3.91. The Morgan fingerprint density at radius 1 is 1.44 bits per heavy atom. The van der Waals surface area contributed by atoms with Crippen molar-refractivity contribution in [2.75, 3.05) is 13.2 Å². The normalized spacial score (nSPS) is 24.2. The van der Waals surface area contributed by atoms with Gasteiger partial charge >= 0.3 is 0 Å². The molecular formula is C13H20N2O. The van der Waals surface area contributed by atoms with Crippen molar-refractivity contribution in [2.24, 2.45) is 5.92 Å². The lowest BCUT2D eigenvalue weighted by atomic mass is 9.99. The molecule has 0 amide bonds. The predicted molar refractivity (Wildman–Crippen MR) is 64.2 cm³/mol. The second-order valence-corrected chi connectivity index (χ2v) is 4.56. The van der Waals surface area contributed by atoms with Crippen LogP contribution in [0.25, 0.3) is 0 Å². The molecule has 1 N–H and O–H groups in total. The highest BCUT2D eigenvalue weighted by Gasteiger charge is 2.23. The fourth-order valence-corrected chi connectivity index (χ4v) is 2.19. The van der Waals surface area contributed by atoms with Crippen molar-refractivity contribution >= 4 is 0 Å². The second-order valence-electron chi connectivity index (χ2n) is 4.56. The molecule has 1 aromatic rings. The molecule has 1 saturated heterocycles. The van der Waals surface area contributed by atoms with Crippen LogP contribution in [0.5, 0.6) is 0 Å². The lowest BCUT2D eigenvalue weighted by Crippen LogP contribution is -2.35. The fraction of sp³-hybridized carbons (Fsp3) is 0.615. The van der Waals surface area contributed by atoms with Crippen LogP contribution in [0.3, 0.4) is 0 Å². The molecule has 1 aliphatic rings. The van der Waals surface area contributed by atoms with Gasteiger partial charge in [-0.2, -0.15) is 0 Å². The third-order valence-electron chi connectivity index (χ3n) is 3.32. The third kappa shape index (κ3) is 2.80. The highest BCUT2D eigenvalue weighted by atomic mass is 16.5. The second kappa shape index (κ2) is 5.41. The van der Waals surface area contributed by atoms with Crippen LogP contribution in [-0.2, 0) is 4.74 Å². The number of hydrogen-bond acceptors (Lipinski definition) is 3. The average molecular weight is 220 g/mol. The van der Waals surface area contributed by atoms with E-state index in [1.54, 1.807) is 0 Å². The molecule has 0 saturated carbocycles. The highest BCUT2D eigenvalue weighted by molar-refractivity contribution is 5.07. The minimum atomic E-state index is 0.303. The van der Waals surface area contributed by atoms with Gasteiger partial charge < -0.3 is 10.1 Å². The van der Waals surface area contributed by atoms with E-state index < -0.39 is 0 Å². The molecule has 2 unspecified atom stereocenters. The first-order chi connectivity index (χ1) is 7.77. The molecular weight excluding hydrogens is 200 g/mol. The van der Waals surface area contributed by atoms with E-state index in [4.69, 9.17) is 4.74 Å². The third-order valence-corrected chi connectivity index (χ3v) is 3.32. The quantitative estimate of drug-likeness (QED) is 0.844. The van der Waals surface area contributed by atoms with Gasteiger partial charge in [0.15, 0.2) is 0 Å². The van der Waals surface area contributed by atoms with E-state index in [-0.39, 0.29) is 0 Å². The summed E-state index contributed by atoms with van der Waals surface area (Å²) in [7, 11) is 0. The van der Waals surface area contributed by atoms with E-state index in [0.29, 0.717) is 18.0 Å². The maximum absolute atomic E-state index is 5.41. The fourth-order valence-electron chi connectivity index (χ4n) is 2.19. The zero-order valence-corrected chi connectivity index (χ0v) is 10.0. The summed E-state index contributed by atoms with van der Waals surface area (Å²) in [5.41, 5.74) is 1.10. The standard InChI is InChI=1S/C13H20N2O/c1-10(12-6-8-16-9-12)15-11(2)13-5-3-4-7-14-13/h3-5,7,10-12,15H,6,8-9H2,1-2H3/t10?,11-,12?/m0/s1. The van der Waals surface area contributed by atoms with E-state index in [0.717, 1.165) is 18.9 Å². The summed E-state index contributed by atoms with van der Waals surface area (Å²) < 4.78 is 5.41. The molecule has 0 radical (unpaired) electrons. The zero-order valence-electron chi connectivity index (χ0n) is 10.0. The van der Waals surface area contributed by atoms with Gasteiger partial charge in [-0.1, -0.05) is 6.07 Å². The van der Waals surface area contributed by atoms with Gasteiger partial charge in [0.1, 0.15) is 0 Å². The first-order valence-electron chi connectivity index (χ1n) is 6.02. The Bertz CT molecular complexity index is 309. The topological polar surface area (TPSA) is 34.2 Å². The number of nitrogens with one attached hydrogen (secondary N) is 1. The van der Waals surface area contributed by atoms with Gasteiger partial charge in [0.25, 0.3) is 0 Å². The van der Waals surface area contributed by atoms with Crippen LogP contribution in [0.2, 0.25) is 0 Å². The molecule has 88 valence electrons. The van der Waals surface area contributed by atoms with Gasteiger partial charge in [0.05, 0.1) is 12.3 Å². The summed E-state index contributed by atoms with van der Waals surface area (Å²) in [6.45, 7) is 6.20. The summed E-state index contributed by atoms with van der Waals surface area (Å²) in [5.74, 6) is 0.645. The van der Waals surface area contributed by atoms with Gasteiger partial charge in [-0.15, -0.1) is 0 Å². The van der Waals surface area contributed by atoms with E-state index >= 15 is 0 Å². The number of pyridine rings is 1. The zero-order chi connectivity index (χ0) is 11.4. The Morgan fingerprint density at radius 2 is 2.31 bits per heavy atom. The highest BCUT2D eigenvalue weighted by Crippen LogP contribution is 2.19. The molecule has 16 heavy (non-hydrogen) atoms. The van der Waals surface area contributed by atoms with Crippen molar-refractivity contribution in [1.29, 1.82) is 0 Å². The summed E-state index contributed by atoms with van der Waals surface area (Å²) in [6.07, 6.45) is 3.01. The lowest BCUT2D eigenvalue weighted by Gasteiger charge is -2.23. The maximum atomic E-state index is 5.41. The molecule has 0 aromatic carbocycles. The minimum absolute atomic E-state index is 0.303. The molecule has 0 aliphatic carbocycles. The monoisotopic (exact) mass is 220 g/mol. The van der Waals surface area contributed by atoms with E-state index in [9.17, 15) is 0 Å². The first kappa shape index (κ1) is 11.6. The number of nitrogens with zero attached hydrogens (tertiary/aromatic N) is 1. The van der Waals surface area contributed by atoms with Gasteiger partial charge in [0.2, 0.25) is 0 Å². The number of aromatic nitrogens is 1. The average Bonchev–Trinajstić information content (AvgIpc) is 2.83. The van der Waals surface area contributed by atoms with Crippen LogP contribution >= 0.6 is 0 Å². The molecule has 3 heteroatoms. The van der Waals surface area contributed by atoms with Gasteiger partial charge in [-0.25, -0.2) is 0 Å². The van der Waals surface area contributed by atoms with E-state index in [1.807, 2.05) is 18.3 Å². The minimum Gasteiger partial charge on any atom is -0.381 e. The van der Waals surface area contributed by atoms with Crippen LogP contribution in [0, 0.1) is 5.92 Å². The van der Waals surface area contributed by atoms with E-state index in [2.05, 4.69) is 30.2 Å². The van der Waals surface area contributed by atoms with Crippen LogP contribution in [0.15, 0.2) is 24.4 Å². The van der Waals surface area contributed by atoms with E-state index in [1.165, 1.54) is 6.42 Å². The van der Waals surface area contributed by atoms with Crippen LogP contribution in [0.1, 0.15) is 32.0 Å². The molecule has 0 bridgehead atoms. The van der Waals surface area contributed by atoms with Crippen molar-refractivity contribution < 1.29 is 4.74 Å². The lowest BCUT2D eigenvalue weighted by molar-refractivity contribution is 0.177. The molecule has 1 aliphatic heterocycles.